The van der Waals surface area contributed by atoms with Crippen molar-refractivity contribution in [2.24, 2.45) is 5.92 Å². The van der Waals surface area contributed by atoms with Gasteiger partial charge < -0.3 is 10.4 Å². The van der Waals surface area contributed by atoms with Crippen molar-refractivity contribution < 1.29 is 9.90 Å². The number of hydrogen-bond donors (Lipinski definition) is 2. The van der Waals surface area contributed by atoms with Crippen molar-refractivity contribution >= 4 is 34.9 Å². The number of hydrogen-bond acceptors (Lipinski definition) is 2. The number of carbonyl (C=O) groups is 1. The summed E-state index contributed by atoms with van der Waals surface area (Å²) in [7, 11) is 0. The summed E-state index contributed by atoms with van der Waals surface area (Å²) in [6.45, 7) is 2.41. The zero-order valence-electron chi connectivity index (χ0n) is 8.84. The van der Waals surface area contributed by atoms with Crippen molar-refractivity contribution in [1.29, 1.82) is 0 Å². The molecule has 5 heteroatoms. The largest absolute Gasteiger partial charge is 0.481 e. The molecule has 3 nitrogen and oxygen atoms in total. The lowest BCUT2D eigenvalue weighted by Gasteiger charge is -2.12. The van der Waals surface area contributed by atoms with Gasteiger partial charge >= 0.3 is 5.97 Å². The maximum Gasteiger partial charge on any atom is 0.303 e. The molecular formula is C11H13Cl2NO2. The summed E-state index contributed by atoms with van der Waals surface area (Å²) < 4.78 is 0. The first-order chi connectivity index (χ1) is 7.49. The van der Waals surface area contributed by atoms with Crippen molar-refractivity contribution in [3.63, 3.8) is 0 Å². The molecule has 0 aromatic heterocycles. The third kappa shape index (κ3) is 4.29. The SMILES string of the molecule is CC(CNc1cc(Cl)ccc1Cl)CC(=O)O. The van der Waals surface area contributed by atoms with Crippen LogP contribution >= 0.6 is 23.2 Å². The standard InChI is InChI=1S/C11H13Cl2NO2/c1-7(4-11(15)16)6-14-10-5-8(12)2-3-9(10)13/h2-3,5,7,14H,4,6H2,1H3,(H,15,16). The van der Waals surface area contributed by atoms with Crippen molar-refractivity contribution in [3.05, 3.63) is 28.2 Å². The third-order valence-corrected chi connectivity index (χ3v) is 2.66. The van der Waals surface area contributed by atoms with Gasteiger partial charge in [0.1, 0.15) is 0 Å². The van der Waals surface area contributed by atoms with E-state index in [1.165, 1.54) is 0 Å². The van der Waals surface area contributed by atoms with E-state index in [0.717, 1.165) is 5.69 Å². The highest BCUT2D eigenvalue weighted by Crippen LogP contribution is 2.25. The van der Waals surface area contributed by atoms with E-state index in [0.29, 0.717) is 16.6 Å². The molecule has 0 amide bonds. The maximum atomic E-state index is 10.5. The van der Waals surface area contributed by atoms with E-state index in [1.54, 1.807) is 18.2 Å². The molecule has 1 unspecified atom stereocenters. The van der Waals surface area contributed by atoms with E-state index in [1.807, 2.05) is 6.92 Å². The normalized spacial score (nSPS) is 12.2. The third-order valence-electron chi connectivity index (χ3n) is 2.09. The van der Waals surface area contributed by atoms with E-state index in [9.17, 15) is 4.79 Å². The average molecular weight is 262 g/mol. The fraction of sp³-hybridized carbons (Fsp3) is 0.364. The lowest BCUT2D eigenvalue weighted by atomic mass is 10.1. The molecule has 0 radical (unpaired) electrons. The topological polar surface area (TPSA) is 49.3 Å². The van der Waals surface area contributed by atoms with Gasteiger partial charge in [-0.05, 0) is 24.1 Å². The molecule has 0 aliphatic heterocycles. The molecule has 0 aliphatic rings. The van der Waals surface area contributed by atoms with Gasteiger partial charge in [0, 0.05) is 18.0 Å². The van der Waals surface area contributed by atoms with Crippen molar-refractivity contribution in [2.75, 3.05) is 11.9 Å². The Morgan fingerprint density at radius 2 is 2.19 bits per heavy atom. The summed E-state index contributed by atoms with van der Waals surface area (Å²) in [4.78, 5) is 10.5. The predicted molar refractivity (Wildman–Crippen MR) is 66.4 cm³/mol. The van der Waals surface area contributed by atoms with Crippen molar-refractivity contribution in [2.45, 2.75) is 13.3 Å². The second-order valence-corrected chi connectivity index (χ2v) is 4.55. The maximum absolute atomic E-state index is 10.5. The van der Waals surface area contributed by atoms with Crippen LogP contribution in [0.4, 0.5) is 5.69 Å². The minimum atomic E-state index is -0.800. The second-order valence-electron chi connectivity index (χ2n) is 3.71. The van der Waals surface area contributed by atoms with Crippen LogP contribution in [0.2, 0.25) is 10.0 Å². The predicted octanol–water partition coefficient (Wildman–Crippen LogP) is 3.52. The molecule has 0 bridgehead atoms. The number of nitrogens with one attached hydrogen (secondary N) is 1. The molecule has 1 aromatic carbocycles. The smallest absolute Gasteiger partial charge is 0.303 e. The molecule has 0 spiro atoms. The number of anilines is 1. The number of carboxylic acid groups (broad SMARTS) is 1. The Morgan fingerprint density at radius 1 is 1.50 bits per heavy atom. The highest BCUT2D eigenvalue weighted by atomic mass is 35.5. The van der Waals surface area contributed by atoms with Crippen molar-refractivity contribution in [3.8, 4) is 0 Å². The molecule has 1 atom stereocenters. The molecule has 88 valence electrons. The quantitative estimate of drug-likeness (QED) is 0.853. The van der Waals surface area contributed by atoms with Crippen LogP contribution in [0.25, 0.3) is 0 Å². The van der Waals surface area contributed by atoms with Gasteiger partial charge in [-0.15, -0.1) is 0 Å². The molecule has 0 saturated carbocycles. The van der Waals surface area contributed by atoms with Crippen LogP contribution < -0.4 is 5.32 Å². The van der Waals surface area contributed by atoms with Gasteiger partial charge in [0.15, 0.2) is 0 Å². The first-order valence-corrected chi connectivity index (χ1v) is 5.65. The first kappa shape index (κ1) is 13.1. The number of benzene rings is 1. The lowest BCUT2D eigenvalue weighted by Crippen LogP contribution is -2.15. The Bertz CT molecular complexity index is 382. The first-order valence-electron chi connectivity index (χ1n) is 4.89. The fourth-order valence-electron chi connectivity index (χ4n) is 1.29. The number of halogens is 2. The van der Waals surface area contributed by atoms with Crippen LogP contribution in [-0.4, -0.2) is 17.6 Å². The molecule has 0 heterocycles. The van der Waals surface area contributed by atoms with Gasteiger partial charge in [0.2, 0.25) is 0 Å². The number of aliphatic carboxylic acids is 1. The minimum absolute atomic E-state index is 0.0348. The Labute approximate surface area is 104 Å². The number of carboxylic acids is 1. The lowest BCUT2D eigenvalue weighted by molar-refractivity contribution is -0.137. The van der Waals surface area contributed by atoms with Crippen LogP contribution in [0.5, 0.6) is 0 Å². The highest BCUT2D eigenvalue weighted by molar-refractivity contribution is 6.35. The van der Waals surface area contributed by atoms with Gasteiger partial charge in [-0.3, -0.25) is 4.79 Å². The van der Waals surface area contributed by atoms with E-state index in [4.69, 9.17) is 28.3 Å². The van der Waals surface area contributed by atoms with Gasteiger partial charge in [0.25, 0.3) is 0 Å². The second kappa shape index (κ2) is 5.97. The van der Waals surface area contributed by atoms with Crippen LogP contribution in [0.15, 0.2) is 18.2 Å². The zero-order chi connectivity index (χ0) is 12.1. The summed E-state index contributed by atoms with van der Waals surface area (Å²) in [5, 5.41) is 12.9. The van der Waals surface area contributed by atoms with Crippen LogP contribution in [0, 0.1) is 5.92 Å². The summed E-state index contributed by atoms with van der Waals surface area (Å²) in [5.74, 6) is -0.765. The molecule has 1 rings (SSSR count). The summed E-state index contributed by atoms with van der Waals surface area (Å²) in [5.41, 5.74) is 0.728. The molecule has 0 fully saturated rings. The fourth-order valence-corrected chi connectivity index (χ4v) is 1.64. The number of rotatable bonds is 5. The average Bonchev–Trinajstić information content (AvgIpc) is 2.18. The Balaban J connectivity index is 2.54. The van der Waals surface area contributed by atoms with E-state index in [2.05, 4.69) is 5.32 Å². The Hall–Kier alpha value is -0.930. The summed E-state index contributed by atoms with van der Waals surface area (Å²) in [6, 6.07) is 5.13. The Kier molecular flexibility index (Phi) is 4.90. The monoisotopic (exact) mass is 261 g/mol. The van der Waals surface area contributed by atoms with E-state index < -0.39 is 5.97 Å². The van der Waals surface area contributed by atoms with E-state index in [-0.39, 0.29) is 12.3 Å². The van der Waals surface area contributed by atoms with Gasteiger partial charge in [-0.25, -0.2) is 0 Å². The molecule has 1 aromatic rings. The molecule has 0 aliphatic carbocycles. The Morgan fingerprint density at radius 3 is 2.81 bits per heavy atom. The van der Waals surface area contributed by atoms with Gasteiger partial charge in [-0.2, -0.15) is 0 Å². The van der Waals surface area contributed by atoms with E-state index >= 15 is 0 Å². The van der Waals surface area contributed by atoms with Crippen LogP contribution in [0.1, 0.15) is 13.3 Å². The minimum Gasteiger partial charge on any atom is -0.481 e. The molecule has 16 heavy (non-hydrogen) atoms. The molecular weight excluding hydrogens is 249 g/mol. The summed E-state index contributed by atoms with van der Waals surface area (Å²) >= 11 is 11.8. The highest BCUT2D eigenvalue weighted by Gasteiger charge is 2.08. The van der Waals surface area contributed by atoms with Crippen LogP contribution in [0.3, 0.4) is 0 Å². The zero-order valence-corrected chi connectivity index (χ0v) is 10.3. The molecule has 2 N–H and O–H groups in total. The van der Waals surface area contributed by atoms with Gasteiger partial charge in [0.05, 0.1) is 10.7 Å². The van der Waals surface area contributed by atoms with Crippen LogP contribution in [-0.2, 0) is 4.79 Å². The summed E-state index contributed by atoms with van der Waals surface area (Å²) in [6.07, 6.45) is 0.130. The molecule has 0 saturated heterocycles. The van der Waals surface area contributed by atoms with Gasteiger partial charge in [-0.1, -0.05) is 30.1 Å². The van der Waals surface area contributed by atoms with Crippen molar-refractivity contribution in [1.82, 2.24) is 0 Å².